The molecule has 2 aliphatic rings. The number of aliphatic carboxylic acids is 1. The second kappa shape index (κ2) is 9.77. The van der Waals surface area contributed by atoms with Crippen LogP contribution in [0.4, 0.5) is 11.5 Å². The number of fused-ring (bicyclic) bond motifs is 1. The number of hydrogen-bond donors (Lipinski definition) is 4. The van der Waals surface area contributed by atoms with E-state index in [1.165, 1.54) is 10.1 Å². The molecule has 0 spiro atoms. The van der Waals surface area contributed by atoms with Crippen molar-refractivity contribution in [1.29, 1.82) is 0 Å². The van der Waals surface area contributed by atoms with Gasteiger partial charge in [0.25, 0.3) is 5.56 Å². The number of terminal acetylenes is 1. The van der Waals surface area contributed by atoms with Crippen LogP contribution >= 0.6 is 0 Å². The molecule has 1 saturated carbocycles. The van der Waals surface area contributed by atoms with Crippen LogP contribution in [0.5, 0.6) is 0 Å². The van der Waals surface area contributed by atoms with Crippen LogP contribution in [-0.2, 0) is 29.1 Å². The first-order valence-corrected chi connectivity index (χ1v) is 11.1. The summed E-state index contributed by atoms with van der Waals surface area (Å²) >= 11 is 0. The molecule has 9 heteroatoms. The topological polar surface area (TPSA) is 125 Å². The molecule has 1 aliphatic carbocycles. The fraction of sp³-hybridized carbons (Fsp3) is 0.417. The highest BCUT2D eigenvalue weighted by molar-refractivity contribution is 5.78. The smallest absolute Gasteiger partial charge is 0.306 e. The van der Waals surface area contributed by atoms with Crippen LogP contribution < -0.4 is 21.5 Å². The van der Waals surface area contributed by atoms with Gasteiger partial charge in [0.15, 0.2) is 0 Å². The van der Waals surface area contributed by atoms with Gasteiger partial charge in [-0.15, -0.1) is 6.42 Å². The zero-order valence-electron chi connectivity index (χ0n) is 18.3. The van der Waals surface area contributed by atoms with Gasteiger partial charge < -0.3 is 25.6 Å². The lowest BCUT2D eigenvalue weighted by molar-refractivity contribution is -0.137. The normalized spacial score (nSPS) is 15.5. The number of anilines is 2. The number of aromatic nitrogens is 2. The summed E-state index contributed by atoms with van der Waals surface area (Å²) in [5.41, 5.74) is 2.87. The Morgan fingerprint density at radius 1 is 1.30 bits per heavy atom. The molecule has 1 aliphatic heterocycles. The van der Waals surface area contributed by atoms with E-state index in [2.05, 4.69) is 32.9 Å². The predicted molar refractivity (Wildman–Crippen MR) is 124 cm³/mol. The van der Waals surface area contributed by atoms with E-state index in [1.807, 2.05) is 12.1 Å². The number of carbonyl (C=O) groups is 2. The third-order valence-corrected chi connectivity index (χ3v) is 5.83. The molecular weight excluding hydrogens is 422 g/mol. The van der Waals surface area contributed by atoms with E-state index in [1.54, 1.807) is 6.07 Å². The number of amides is 1. The Labute approximate surface area is 191 Å². The Bertz CT molecular complexity index is 1160. The van der Waals surface area contributed by atoms with Crippen molar-refractivity contribution in [3.63, 3.8) is 0 Å². The monoisotopic (exact) mass is 449 g/mol. The van der Waals surface area contributed by atoms with E-state index in [4.69, 9.17) is 11.5 Å². The third-order valence-electron chi connectivity index (χ3n) is 5.83. The molecule has 2 aromatic rings. The zero-order chi connectivity index (χ0) is 23.4. The number of carbonyl (C=O) groups excluding carboxylic acids is 1. The number of carboxylic acids is 1. The van der Waals surface area contributed by atoms with E-state index < -0.39 is 17.9 Å². The molecule has 1 fully saturated rings. The Morgan fingerprint density at radius 2 is 2.12 bits per heavy atom. The van der Waals surface area contributed by atoms with E-state index in [-0.39, 0.29) is 24.4 Å². The van der Waals surface area contributed by atoms with Crippen molar-refractivity contribution in [3.05, 3.63) is 51.6 Å². The Morgan fingerprint density at radius 3 is 2.85 bits per heavy atom. The quantitative estimate of drug-likeness (QED) is 0.429. The van der Waals surface area contributed by atoms with Crippen LogP contribution in [0.2, 0.25) is 0 Å². The van der Waals surface area contributed by atoms with Crippen molar-refractivity contribution in [2.24, 2.45) is 0 Å². The molecule has 1 atom stereocenters. The van der Waals surface area contributed by atoms with Crippen LogP contribution in [0.15, 0.2) is 29.1 Å². The molecule has 4 N–H and O–H groups in total. The average molecular weight is 450 g/mol. The number of aryl methyl sites for hydroxylation is 1. The van der Waals surface area contributed by atoms with Crippen LogP contribution in [0.25, 0.3) is 0 Å². The van der Waals surface area contributed by atoms with Gasteiger partial charge in [-0.3, -0.25) is 14.4 Å². The average Bonchev–Trinajstić information content (AvgIpc) is 3.64. The highest BCUT2D eigenvalue weighted by atomic mass is 16.4. The number of rotatable bonds is 9. The zero-order valence-corrected chi connectivity index (χ0v) is 18.3. The minimum absolute atomic E-state index is 0.223. The van der Waals surface area contributed by atoms with Crippen LogP contribution in [0.1, 0.15) is 48.6 Å². The van der Waals surface area contributed by atoms with Gasteiger partial charge in [-0.2, -0.15) is 0 Å². The molecule has 9 nitrogen and oxygen atoms in total. The maximum Gasteiger partial charge on any atom is 0.306 e. The van der Waals surface area contributed by atoms with Crippen molar-refractivity contribution in [1.82, 2.24) is 14.9 Å². The number of carboxylic acid groups (broad SMARTS) is 1. The van der Waals surface area contributed by atoms with E-state index in [0.29, 0.717) is 12.2 Å². The summed E-state index contributed by atoms with van der Waals surface area (Å²) in [6.45, 7) is 1.05. The van der Waals surface area contributed by atoms with Crippen molar-refractivity contribution >= 4 is 23.4 Å². The fourth-order valence-corrected chi connectivity index (χ4v) is 3.99. The Balaban J connectivity index is 1.49. The molecule has 172 valence electrons. The molecule has 0 unspecified atom stereocenters. The predicted octanol–water partition coefficient (Wildman–Crippen LogP) is 1.68. The first-order chi connectivity index (χ1) is 15.9. The summed E-state index contributed by atoms with van der Waals surface area (Å²) in [7, 11) is 0. The third kappa shape index (κ3) is 5.52. The van der Waals surface area contributed by atoms with E-state index in [9.17, 15) is 14.4 Å². The largest absolute Gasteiger partial charge is 0.481 e. The lowest BCUT2D eigenvalue weighted by Crippen LogP contribution is -2.40. The summed E-state index contributed by atoms with van der Waals surface area (Å²) in [4.78, 5) is 41.3. The first-order valence-electron chi connectivity index (χ1n) is 11.1. The second-order valence-electron chi connectivity index (χ2n) is 8.42. The van der Waals surface area contributed by atoms with Crippen molar-refractivity contribution in [2.75, 3.05) is 17.2 Å². The fourth-order valence-electron chi connectivity index (χ4n) is 3.99. The lowest BCUT2D eigenvalue weighted by Gasteiger charge is -2.18. The maximum absolute atomic E-state index is 13.2. The molecule has 0 saturated heterocycles. The van der Waals surface area contributed by atoms with Gasteiger partial charge in [-0.1, -0.05) is 12.0 Å². The number of nitrogens with zero attached hydrogens (tertiary/aromatic N) is 2. The number of nitrogens with one attached hydrogen (secondary N) is 3. The van der Waals surface area contributed by atoms with Gasteiger partial charge in [0.05, 0.1) is 18.7 Å². The van der Waals surface area contributed by atoms with E-state index >= 15 is 0 Å². The Kier molecular flexibility index (Phi) is 6.63. The van der Waals surface area contributed by atoms with Crippen LogP contribution in [-0.4, -0.2) is 39.1 Å². The van der Waals surface area contributed by atoms with Crippen molar-refractivity contribution < 1.29 is 14.7 Å². The summed E-state index contributed by atoms with van der Waals surface area (Å²) in [6, 6.07) is 6.69. The minimum Gasteiger partial charge on any atom is -0.481 e. The summed E-state index contributed by atoms with van der Waals surface area (Å²) in [6.07, 6.45) is 8.97. The van der Waals surface area contributed by atoms with Crippen LogP contribution in [0.3, 0.4) is 0 Å². The molecule has 0 radical (unpaired) electrons. The van der Waals surface area contributed by atoms with Gasteiger partial charge in [-0.25, -0.2) is 4.98 Å². The highest BCUT2D eigenvalue weighted by Crippen LogP contribution is 2.39. The summed E-state index contributed by atoms with van der Waals surface area (Å²) in [5.74, 6) is 1.80. The lowest BCUT2D eigenvalue weighted by atomic mass is 10.1. The van der Waals surface area contributed by atoms with Gasteiger partial charge in [-0.05, 0) is 55.4 Å². The highest BCUT2D eigenvalue weighted by Gasteiger charge is 2.28. The second-order valence-corrected chi connectivity index (χ2v) is 8.42. The molecule has 4 rings (SSSR count). The van der Waals surface area contributed by atoms with Gasteiger partial charge in [0, 0.05) is 12.2 Å². The molecule has 1 amide bonds. The van der Waals surface area contributed by atoms with Crippen molar-refractivity contribution in [2.45, 2.75) is 57.2 Å². The maximum atomic E-state index is 13.2. The molecule has 0 aromatic carbocycles. The molecule has 2 aromatic heterocycles. The van der Waals surface area contributed by atoms with Gasteiger partial charge >= 0.3 is 5.97 Å². The van der Waals surface area contributed by atoms with Gasteiger partial charge in [0.1, 0.15) is 24.1 Å². The van der Waals surface area contributed by atoms with Crippen LogP contribution in [0, 0.1) is 12.3 Å². The standard InChI is InChI=1S/C24H27N5O4/c1-2-17(12-22(31)32)27-21(30)14-29-20(15-5-6-15)10-9-19(24(29)33)26-13-18-8-7-16-4-3-11-25-23(16)28-18/h1,7-10,15,17,26H,3-6,11-14H2,(H,25,28)(H,27,30)(H,31,32)/t17-/m1/s1. The van der Waals surface area contributed by atoms with E-state index in [0.717, 1.165) is 49.4 Å². The minimum atomic E-state index is -1.11. The number of pyridine rings is 2. The first kappa shape index (κ1) is 22.4. The molecular formula is C24H27N5O4. The number of hydrogen-bond acceptors (Lipinski definition) is 6. The van der Waals surface area contributed by atoms with Gasteiger partial charge in [0.2, 0.25) is 5.91 Å². The summed E-state index contributed by atoms with van der Waals surface area (Å²) in [5, 5.41) is 17.9. The molecule has 33 heavy (non-hydrogen) atoms. The Hall–Kier alpha value is -3.80. The SMILES string of the molecule is C#C[C@H](CC(=O)O)NC(=O)Cn1c(C2CC2)ccc(NCc2ccc3c(n2)NCCC3)c1=O. The van der Waals surface area contributed by atoms with Crippen molar-refractivity contribution in [3.8, 4) is 12.3 Å². The molecule has 0 bridgehead atoms. The molecule has 3 heterocycles. The summed E-state index contributed by atoms with van der Waals surface area (Å²) < 4.78 is 1.45.